The van der Waals surface area contributed by atoms with Gasteiger partial charge in [0.25, 0.3) is 0 Å². The number of imide groups is 1. The van der Waals surface area contributed by atoms with E-state index in [0.717, 1.165) is 18.2 Å². The zero-order chi connectivity index (χ0) is 30.1. The van der Waals surface area contributed by atoms with Crippen molar-refractivity contribution in [1.82, 2.24) is 10.3 Å². The highest BCUT2D eigenvalue weighted by atomic mass is 31.1. The van der Waals surface area contributed by atoms with Gasteiger partial charge in [-0.25, -0.2) is 18.6 Å². The van der Waals surface area contributed by atoms with E-state index in [0.29, 0.717) is 29.4 Å². The van der Waals surface area contributed by atoms with Crippen LogP contribution in [0.2, 0.25) is 0 Å². The summed E-state index contributed by atoms with van der Waals surface area (Å²) < 4.78 is 36.9. The minimum absolute atomic E-state index is 0.125. The summed E-state index contributed by atoms with van der Waals surface area (Å²) in [6.45, 7) is 13.3. The number of hydrogen-bond acceptors (Lipinski definition) is 6. The first kappa shape index (κ1) is 35.6. The van der Waals surface area contributed by atoms with Crippen LogP contribution >= 0.6 is 7.92 Å². The highest BCUT2D eigenvalue weighted by Crippen LogP contribution is 2.37. The SMILES string of the molecule is CC.CCC.CCCc1ccc(OC)c(F)c1C(C)=O.CP(Cc1cc2ncc(F)cc2o1)C(=O)NC(N)=O. The van der Waals surface area contributed by atoms with Crippen molar-refractivity contribution in [2.24, 2.45) is 5.73 Å². The van der Waals surface area contributed by atoms with E-state index in [9.17, 15) is 23.2 Å². The smallest absolute Gasteiger partial charge is 0.319 e. The number of urea groups is 1. The monoisotopic (exact) mass is 567 g/mol. The van der Waals surface area contributed by atoms with Crippen molar-refractivity contribution in [1.29, 1.82) is 0 Å². The number of carbonyl (C=O) groups is 3. The number of Topliss-reactive ketones (excluding diaryl/α,β-unsaturated/α-hetero) is 1. The fourth-order valence-electron chi connectivity index (χ4n) is 3.14. The Morgan fingerprint density at radius 3 is 2.26 bits per heavy atom. The molecular weight excluding hydrogens is 527 g/mol. The van der Waals surface area contributed by atoms with Gasteiger partial charge in [-0.2, -0.15) is 0 Å². The zero-order valence-corrected chi connectivity index (χ0v) is 24.9. The van der Waals surface area contributed by atoms with Gasteiger partial charge in [-0.1, -0.05) is 53.5 Å². The van der Waals surface area contributed by atoms with Gasteiger partial charge in [-0.05, 0) is 39.6 Å². The Hall–Kier alpha value is -3.39. The van der Waals surface area contributed by atoms with E-state index in [4.69, 9.17) is 14.9 Å². The van der Waals surface area contributed by atoms with Crippen molar-refractivity contribution in [3.05, 3.63) is 59.0 Å². The molecule has 0 bridgehead atoms. The first-order chi connectivity index (χ1) is 18.5. The van der Waals surface area contributed by atoms with Crippen molar-refractivity contribution < 1.29 is 32.3 Å². The number of hydrogen-bond donors (Lipinski definition) is 2. The van der Waals surface area contributed by atoms with E-state index in [1.165, 1.54) is 26.5 Å². The quantitative estimate of drug-likeness (QED) is 0.222. The molecule has 1 atom stereocenters. The fourth-order valence-corrected chi connectivity index (χ4v) is 4.21. The topological polar surface area (TPSA) is 125 Å². The van der Waals surface area contributed by atoms with Gasteiger partial charge in [0.05, 0.1) is 18.9 Å². The molecule has 39 heavy (non-hydrogen) atoms. The number of nitrogens with two attached hydrogens (primary N) is 1. The van der Waals surface area contributed by atoms with E-state index in [1.807, 2.05) is 26.1 Å². The van der Waals surface area contributed by atoms with Gasteiger partial charge in [0.15, 0.2) is 22.9 Å². The van der Waals surface area contributed by atoms with Gasteiger partial charge in [-0.15, -0.1) is 0 Å². The zero-order valence-electron chi connectivity index (χ0n) is 24.0. The lowest BCUT2D eigenvalue weighted by Crippen LogP contribution is -2.33. The van der Waals surface area contributed by atoms with Crippen LogP contribution in [0.3, 0.4) is 0 Å². The number of amides is 3. The van der Waals surface area contributed by atoms with E-state index in [1.54, 1.807) is 24.9 Å². The molecule has 0 spiro atoms. The lowest BCUT2D eigenvalue weighted by atomic mass is 9.99. The normalized spacial score (nSPS) is 10.5. The molecule has 11 heteroatoms. The van der Waals surface area contributed by atoms with E-state index in [-0.39, 0.29) is 17.1 Å². The molecule has 0 fully saturated rings. The number of pyridine rings is 1. The van der Waals surface area contributed by atoms with Crippen LogP contribution in [-0.2, 0) is 12.6 Å². The summed E-state index contributed by atoms with van der Waals surface area (Å²) in [5, 5.41) is 2.02. The Kier molecular flexibility index (Phi) is 17.2. The summed E-state index contributed by atoms with van der Waals surface area (Å²) in [6, 6.07) is 5.31. The standard InChI is InChI=1S/C12H15FO2.C11H11FN3O3P.C3H8.C2H6/c1-4-5-9-6-7-10(15-3)12(13)11(9)8(2)14;1-19(11(17)15-10(13)16)5-7-3-8-9(18-7)2-6(12)4-14-8;1-3-2;1-2/h6-7H,4-5H2,1-3H3;2-4H,5H2,1H3,(H3,13,15,16,17);3H2,1-2H3;1-2H3. The number of primary amides is 1. The number of carbonyl (C=O) groups excluding carboxylic acids is 3. The number of aromatic nitrogens is 1. The number of aryl methyl sites for hydroxylation is 1. The molecule has 1 unspecified atom stereocenters. The van der Waals surface area contributed by atoms with Gasteiger partial charge in [0.2, 0.25) is 5.65 Å². The third-order valence-electron chi connectivity index (χ3n) is 4.64. The predicted molar refractivity (Wildman–Crippen MR) is 153 cm³/mol. The summed E-state index contributed by atoms with van der Waals surface area (Å²) >= 11 is 0. The molecule has 0 aliphatic carbocycles. The highest BCUT2D eigenvalue weighted by Gasteiger charge is 2.18. The van der Waals surface area contributed by atoms with Crippen LogP contribution in [0.5, 0.6) is 5.75 Å². The van der Waals surface area contributed by atoms with Crippen molar-refractivity contribution in [2.45, 2.75) is 67.0 Å². The van der Waals surface area contributed by atoms with E-state index in [2.05, 4.69) is 18.8 Å². The van der Waals surface area contributed by atoms with Crippen LogP contribution in [0.15, 0.2) is 34.9 Å². The Labute approximate surface area is 230 Å². The molecule has 0 radical (unpaired) electrons. The third-order valence-corrected chi connectivity index (χ3v) is 6.23. The molecule has 2 aromatic heterocycles. The van der Waals surface area contributed by atoms with Crippen molar-refractivity contribution in [2.75, 3.05) is 13.8 Å². The molecule has 0 saturated heterocycles. The summed E-state index contributed by atoms with van der Waals surface area (Å²) in [7, 11) is 0.230. The average Bonchev–Trinajstić information content (AvgIpc) is 3.27. The van der Waals surface area contributed by atoms with Gasteiger partial charge >= 0.3 is 6.03 Å². The van der Waals surface area contributed by atoms with E-state index >= 15 is 0 Å². The number of ether oxygens (including phenoxy) is 1. The average molecular weight is 568 g/mol. The van der Waals surface area contributed by atoms with Crippen LogP contribution in [0.1, 0.15) is 76.1 Å². The Balaban J connectivity index is 0.000000649. The van der Waals surface area contributed by atoms with Crippen LogP contribution in [0.4, 0.5) is 18.4 Å². The summed E-state index contributed by atoms with van der Waals surface area (Å²) in [6.07, 6.45) is 4.25. The van der Waals surface area contributed by atoms with Crippen molar-refractivity contribution in [3.63, 3.8) is 0 Å². The van der Waals surface area contributed by atoms with Crippen LogP contribution in [0, 0.1) is 11.6 Å². The van der Waals surface area contributed by atoms with Crippen LogP contribution in [0.25, 0.3) is 11.1 Å². The number of methoxy groups -OCH3 is 1. The molecular formula is C28H40F2N3O5P. The number of halogens is 2. The number of nitrogens with zero attached hydrogens (tertiary/aromatic N) is 1. The maximum atomic E-state index is 13.8. The molecule has 0 aliphatic rings. The first-order valence-corrected chi connectivity index (χ1v) is 14.7. The molecule has 0 aliphatic heterocycles. The fraction of sp³-hybridized carbons (Fsp3) is 0.429. The molecule has 3 N–H and O–H groups in total. The van der Waals surface area contributed by atoms with Gasteiger partial charge in [0.1, 0.15) is 17.1 Å². The number of furan rings is 1. The maximum Gasteiger partial charge on any atom is 0.319 e. The molecule has 2 heterocycles. The lowest BCUT2D eigenvalue weighted by molar-refractivity contribution is 0.101. The van der Waals surface area contributed by atoms with Gasteiger partial charge in [-0.3, -0.25) is 14.9 Å². The lowest BCUT2D eigenvalue weighted by Gasteiger charge is -2.10. The minimum Gasteiger partial charge on any atom is -0.494 e. The maximum absolute atomic E-state index is 13.8. The number of rotatable bonds is 7. The Bertz CT molecular complexity index is 1220. The second-order valence-electron chi connectivity index (χ2n) is 8.03. The predicted octanol–water partition coefficient (Wildman–Crippen LogP) is 7.80. The summed E-state index contributed by atoms with van der Waals surface area (Å²) in [5.41, 5.74) is 6.21. The molecule has 3 rings (SSSR count). The van der Waals surface area contributed by atoms with Crippen LogP contribution in [-0.4, -0.2) is 36.2 Å². The summed E-state index contributed by atoms with van der Waals surface area (Å²) in [4.78, 5) is 37.3. The first-order valence-electron chi connectivity index (χ1n) is 12.7. The molecule has 3 aromatic rings. The Morgan fingerprint density at radius 2 is 1.74 bits per heavy atom. The number of nitrogens with one attached hydrogen (secondary N) is 1. The van der Waals surface area contributed by atoms with E-state index < -0.39 is 31.2 Å². The summed E-state index contributed by atoms with van der Waals surface area (Å²) in [5.74, 6) is -0.647. The largest absolute Gasteiger partial charge is 0.494 e. The van der Waals surface area contributed by atoms with Crippen molar-refractivity contribution >= 4 is 36.5 Å². The van der Waals surface area contributed by atoms with Crippen molar-refractivity contribution in [3.8, 4) is 5.75 Å². The second kappa shape index (κ2) is 18.8. The van der Waals surface area contributed by atoms with Crippen LogP contribution < -0.4 is 15.8 Å². The second-order valence-corrected chi connectivity index (χ2v) is 10.1. The molecule has 1 aromatic carbocycles. The highest BCUT2D eigenvalue weighted by molar-refractivity contribution is 7.73. The Morgan fingerprint density at radius 1 is 1.13 bits per heavy atom. The molecule has 3 amide bonds. The van der Waals surface area contributed by atoms with Gasteiger partial charge < -0.3 is 14.9 Å². The molecule has 216 valence electrons. The minimum atomic E-state index is -1.16. The number of fused-ring (bicyclic) bond motifs is 1. The van der Waals surface area contributed by atoms with Gasteiger partial charge in [0, 0.05) is 18.3 Å². The number of ketones is 1. The molecule has 8 nitrogen and oxygen atoms in total. The third kappa shape index (κ3) is 11.9. The number of benzene rings is 1. The molecule has 0 saturated carbocycles.